The normalized spacial score (nSPS) is 10.8. The van der Waals surface area contributed by atoms with Crippen molar-refractivity contribution in [3.63, 3.8) is 0 Å². The van der Waals surface area contributed by atoms with Crippen molar-refractivity contribution in [3.05, 3.63) is 52.2 Å². The minimum atomic E-state index is 0.603. The van der Waals surface area contributed by atoms with Gasteiger partial charge in [0, 0.05) is 17.1 Å². The Hall–Kier alpha value is -2.40. The van der Waals surface area contributed by atoms with Crippen molar-refractivity contribution in [1.82, 2.24) is 9.55 Å². The average Bonchev–Trinajstić information content (AvgIpc) is 3.23. The van der Waals surface area contributed by atoms with Crippen LogP contribution in [0.2, 0.25) is 0 Å². The van der Waals surface area contributed by atoms with Crippen LogP contribution >= 0.6 is 11.3 Å². The topological polar surface area (TPSA) is 44.1 Å². The monoisotopic (exact) mass is 340 g/mol. The van der Waals surface area contributed by atoms with Gasteiger partial charge in [0.25, 0.3) is 0 Å². The van der Waals surface area contributed by atoms with Crippen LogP contribution in [-0.2, 0) is 0 Å². The third-order valence-electron chi connectivity index (χ3n) is 4.19. The number of benzene rings is 1. The molecule has 0 bridgehead atoms. The number of aromatic nitrogens is 2. The first-order valence-corrected chi connectivity index (χ1v) is 8.77. The second-order valence-electron chi connectivity index (χ2n) is 5.69. The van der Waals surface area contributed by atoms with Crippen LogP contribution in [0, 0.1) is 20.8 Å². The fourth-order valence-electron chi connectivity index (χ4n) is 2.85. The van der Waals surface area contributed by atoms with Crippen LogP contribution in [0.25, 0.3) is 16.4 Å². The average molecular weight is 340 g/mol. The first-order valence-electron chi connectivity index (χ1n) is 7.89. The van der Waals surface area contributed by atoms with Crippen molar-refractivity contribution in [2.24, 2.45) is 0 Å². The number of aldehydes is 1. The molecule has 0 atom stereocenters. The van der Waals surface area contributed by atoms with Crippen LogP contribution in [0.1, 0.15) is 34.1 Å². The summed E-state index contributed by atoms with van der Waals surface area (Å²) in [7, 11) is 0. The highest BCUT2D eigenvalue weighted by molar-refractivity contribution is 7.12. The SMILES string of the molecule is CCOc1c(C)cc(-c2csc(-n3cccc3C=O)n2)c(C)c1C. The molecule has 2 aromatic heterocycles. The molecule has 0 radical (unpaired) electrons. The van der Waals surface area contributed by atoms with Crippen molar-refractivity contribution in [3.8, 4) is 22.1 Å². The Labute approximate surface area is 145 Å². The van der Waals surface area contributed by atoms with Crippen molar-refractivity contribution >= 4 is 17.6 Å². The summed E-state index contributed by atoms with van der Waals surface area (Å²) in [6, 6.07) is 5.76. The summed E-state index contributed by atoms with van der Waals surface area (Å²) in [5.41, 5.74) is 6.06. The molecule has 0 spiro atoms. The predicted molar refractivity (Wildman–Crippen MR) is 97.6 cm³/mol. The molecule has 0 N–H and O–H groups in total. The van der Waals surface area contributed by atoms with E-state index in [1.165, 1.54) is 16.9 Å². The van der Waals surface area contributed by atoms with E-state index in [0.717, 1.165) is 39.6 Å². The van der Waals surface area contributed by atoms with Gasteiger partial charge in [-0.1, -0.05) is 0 Å². The lowest BCUT2D eigenvalue weighted by atomic mass is 9.97. The van der Waals surface area contributed by atoms with Crippen LogP contribution < -0.4 is 4.74 Å². The van der Waals surface area contributed by atoms with Crippen molar-refractivity contribution < 1.29 is 9.53 Å². The lowest BCUT2D eigenvalue weighted by Gasteiger charge is -2.15. The Bertz CT molecular complexity index is 893. The third kappa shape index (κ3) is 2.76. The summed E-state index contributed by atoms with van der Waals surface area (Å²) in [5, 5.41) is 2.83. The predicted octanol–water partition coefficient (Wildman–Crippen LogP) is 4.74. The second-order valence-corrected chi connectivity index (χ2v) is 6.53. The second kappa shape index (κ2) is 6.61. The summed E-state index contributed by atoms with van der Waals surface area (Å²) in [4.78, 5) is 15.9. The summed E-state index contributed by atoms with van der Waals surface area (Å²) >= 11 is 1.53. The molecule has 0 aliphatic carbocycles. The van der Waals surface area contributed by atoms with Crippen LogP contribution in [0.15, 0.2) is 29.8 Å². The fourth-order valence-corrected chi connectivity index (χ4v) is 3.68. The van der Waals surface area contributed by atoms with Crippen LogP contribution in [0.4, 0.5) is 0 Å². The minimum absolute atomic E-state index is 0.603. The zero-order valence-corrected chi connectivity index (χ0v) is 15.1. The lowest BCUT2D eigenvalue weighted by Crippen LogP contribution is -2.00. The lowest BCUT2D eigenvalue weighted by molar-refractivity contribution is 0.111. The molecule has 3 aromatic rings. The number of nitrogens with zero attached hydrogens (tertiary/aromatic N) is 2. The fraction of sp³-hybridized carbons (Fsp3) is 0.263. The number of hydrogen-bond donors (Lipinski definition) is 0. The van der Waals surface area contributed by atoms with E-state index in [2.05, 4.69) is 26.8 Å². The van der Waals surface area contributed by atoms with E-state index in [1.807, 2.05) is 29.1 Å². The molecule has 5 heteroatoms. The molecule has 4 nitrogen and oxygen atoms in total. The van der Waals surface area contributed by atoms with E-state index < -0.39 is 0 Å². The molecule has 24 heavy (non-hydrogen) atoms. The molecule has 0 aliphatic heterocycles. The highest BCUT2D eigenvalue weighted by Gasteiger charge is 2.15. The summed E-state index contributed by atoms with van der Waals surface area (Å²) in [5.74, 6) is 0.961. The molecule has 3 rings (SSSR count). The maximum Gasteiger partial charge on any atom is 0.194 e. The Morgan fingerprint density at radius 3 is 2.79 bits per heavy atom. The minimum Gasteiger partial charge on any atom is -0.493 e. The Balaban J connectivity index is 2.06. The number of ether oxygens (including phenoxy) is 1. The van der Waals surface area contributed by atoms with Gasteiger partial charge in [-0.2, -0.15) is 0 Å². The van der Waals surface area contributed by atoms with Gasteiger partial charge in [-0.15, -0.1) is 11.3 Å². The first kappa shape index (κ1) is 16.5. The van der Waals surface area contributed by atoms with Crippen molar-refractivity contribution in [2.45, 2.75) is 27.7 Å². The summed E-state index contributed by atoms with van der Waals surface area (Å²) in [6.45, 7) is 8.89. The number of hydrogen-bond acceptors (Lipinski definition) is 4. The van der Waals surface area contributed by atoms with Gasteiger partial charge in [0.05, 0.1) is 18.0 Å². The molecular formula is C19H20N2O2S. The molecule has 0 amide bonds. The number of carbonyl (C=O) groups excluding carboxylic acids is 1. The van der Waals surface area contributed by atoms with Crippen LogP contribution in [0.3, 0.4) is 0 Å². The zero-order chi connectivity index (χ0) is 17.3. The van der Waals surface area contributed by atoms with E-state index >= 15 is 0 Å². The van der Waals surface area contributed by atoms with E-state index in [4.69, 9.17) is 9.72 Å². The van der Waals surface area contributed by atoms with Gasteiger partial charge in [0.2, 0.25) is 0 Å². The highest BCUT2D eigenvalue weighted by atomic mass is 32.1. The van der Waals surface area contributed by atoms with Crippen LogP contribution in [-0.4, -0.2) is 22.4 Å². The molecule has 1 aromatic carbocycles. The van der Waals surface area contributed by atoms with Gasteiger partial charge in [0.15, 0.2) is 11.4 Å². The number of thiazole rings is 1. The molecule has 0 aliphatic rings. The summed E-state index contributed by atoms with van der Waals surface area (Å²) < 4.78 is 7.58. The molecule has 0 fully saturated rings. The molecule has 0 saturated carbocycles. The molecule has 0 saturated heterocycles. The maximum atomic E-state index is 11.1. The molecule has 2 heterocycles. The molecular weight excluding hydrogens is 320 g/mol. The van der Waals surface area contributed by atoms with E-state index in [1.54, 1.807) is 6.07 Å². The van der Waals surface area contributed by atoms with Gasteiger partial charge in [-0.25, -0.2) is 4.98 Å². The molecule has 0 unspecified atom stereocenters. The van der Waals surface area contributed by atoms with Gasteiger partial charge >= 0.3 is 0 Å². The van der Waals surface area contributed by atoms with Crippen LogP contribution in [0.5, 0.6) is 5.75 Å². The summed E-state index contributed by atoms with van der Waals surface area (Å²) in [6.07, 6.45) is 2.70. The third-order valence-corrected chi connectivity index (χ3v) is 5.03. The van der Waals surface area contributed by atoms with E-state index in [0.29, 0.717) is 12.3 Å². The number of carbonyl (C=O) groups is 1. The Morgan fingerprint density at radius 2 is 2.08 bits per heavy atom. The van der Waals surface area contributed by atoms with Gasteiger partial charge in [0.1, 0.15) is 5.75 Å². The van der Waals surface area contributed by atoms with E-state index in [9.17, 15) is 4.79 Å². The standard InChI is InChI=1S/C19H20N2O2S/c1-5-23-18-12(2)9-16(13(3)14(18)4)17-11-24-19(20-17)21-8-6-7-15(21)10-22/h6-11H,5H2,1-4H3. The van der Waals surface area contributed by atoms with Crippen molar-refractivity contribution in [1.29, 1.82) is 0 Å². The smallest absolute Gasteiger partial charge is 0.194 e. The first-order chi connectivity index (χ1) is 11.6. The Kier molecular flexibility index (Phi) is 4.53. The van der Waals surface area contributed by atoms with E-state index in [-0.39, 0.29) is 0 Å². The maximum absolute atomic E-state index is 11.1. The number of rotatable bonds is 5. The van der Waals surface area contributed by atoms with Gasteiger partial charge < -0.3 is 4.74 Å². The van der Waals surface area contributed by atoms with Gasteiger partial charge in [-0.05, 0) is 62.6 Å². The van der Waals surface area contributed by atoms with Gasteiger partial charge in [-0.3, -0.25) is 9.36 Å². The molecule has 124 valence electrons. The quantitative estimate of drug-likeness (QED) is 0.630. The van der Waals surface area contributed by atoms with Crippen molar-refractivity contribution in [2.75, 3.05) is 6.61 Å². The Morgan fingerprint density at radius 1 is 1.29 bits per heavy atom. The number of aryl methyl sites for hydroxylation is 1. The zero-order valence-electron chi connectivity index (χ0n) is 14.3. The largest absolute Gasteiger partial charge is 0.493 e. The highest BCUT2D eigenvalue weighted by Crippen LogP contribution is 2.35.